The fourth-order valence-corrected chi connectivity index (χ4v) is 3.31. The summed E-state index contributed by atoms with van der Waals surface area (Å²) in [6.07, 6.45) is 0.442. The second-order valence-electron chi connectivity index (χ2n) is 6.22. The number of rotatable bonds is 3. The maximum absolute atomic E-state index is 12.9. The predicted octanol–water partition coefficient (Wildman–Crippen LogP) is -0.290. The Morgan fingerprint density at radius 1 is 1.20 bits per heavy atom. The Morgan fingerprint density at radius 3 is 2.68 bits per heavy atom. The minimum atomic E-state index is -0.818. The second kappa shape index (κ2) is 7.10. The van der Waals surface area contributed by atoms with Crippen molar-refractivity contribution < 1.29 is 24.2 Å². The van der Waals surface area contributed by atoms with Crippen LogP contribution in [-0.4, -0.2) is 71.0 Å². The van der Waals surface area contributed by atoms with Gasteiger partial charge in [0.25, 0.3) is 5.91 Å². The third kappa shape index (κ3) is 3.43. The van der Waals surface area contributed by atoms with Gasteiger partial charge in [0.1, 0.15) is 11.8 Å². The van der Waals surface area contributed by atoms with E-state index in [2.05, 4.69) is 0 Å². The number of aromatic hydroxyl groups is 1. The summed E-state index contributed by atoms with van der Waals surface area (Å²) in [7, 11) is 0. The van der Waals surface area contributed by atoms with Crippen LogP contribution in [0.5, 0.6) is 5.75 Å². The van der Waals surface area contributed by atoms with Crippen LogP contribution in [0, 0.1) is 0 Å². The van der Waals surface area contributed by atoms with Crippen molar-refractivity contribution in [2.24, 2.45) is 5.73 Å². The third-order valence-electron chi connectivity index (χ3n) is 4.63. The predicted molar refractivity (Wildman–Crippen MR) is 87.7 cm³/mol. The highest BCUT2D eigenvalue weighted by molar-refractivity contribution is 6.00. The summed E-state index contributed by atoms with van der Waals surface area (Å²) in [5.74, 6) is -1.29. The number of carbonyl (C=O) groups is 3. The molecule has 2 aliphatic heterocycles. The van der Waals surface area contributed by atoms with Gasteiger partial charge in [0.05, 0.1) is 18.7 Å². The lowest BCUT2D eigenvalue weighted by Gasteiger charge is -2.35. The molecule has 1 aromatic carbocycles. The van der Waals surface area contributed by atoms with E-state index < -0.39 is 18.1 Å². The molecule has 1 aromatic rings. The molecule has 2 aliphatic rings. The van der Waals surface area contributed by atoms with Crippen molar-refractivity contribution in [3.63, 3.8) is 0 Å². The Labute approximate surface area is 145 Å². The van der Waals surface area contributed by atoms with Crippen molar-refractivity contribution in [1.82, 2.24) is 9.80 Å². The van der Waals surface area contributed by atoms with E-state index in [1.807, 2.05) is 0 Å². The summed E-state index contributed by atoms with van der Waals surface area (Å²) in [5.41, 5.74) is 5.44. The summed E-state index contributed by atoms with van der Waals surface area (Å²) >= 11 is 0. The van der Waals surface area contributed by atoms with Crippen LogP contribution in [0.4, 0.5) is 0 Å². The molecule has 8 heteroatoms. The van der Waals surface area contributed by atoms with Crippen LogP contribution in [0.15, 0.2) is 24.3 Å². The first-order valence-electron chi connectivity index (χ1n) is 8.27. The van der Waals surface area contributed by atoms with Gasteiger partial charge in [0.2, 0.25) is 11.8 Å². The number of nitrogens with zero attached hydrogens (tertiary/aromatic N) is 2. The summed E-state index contributed by atoms with van der Waals surface area (Å²) < 4.78 is 5.26. The van der Waals surface area contributed by atoms with E-state index in [1.54, 1.807) is 12.1 Å². The van der Waals surface area contributed by atoms with Crippen LogP contribution in [-0.2, 0) is 14.3 Å². The van der Waals surface area contributed by atoms with Gasteiger partial charge in [0.15, 0.2) is 6.10 Å². The average molecular weight is 347 g/mol. The number of nitrogens with two attached hydrogens (primary N) is 1. The number of hydrogen-bond acceptors (Lipinski definition) is 5. The van der Waals surface area contributed by atoms with Crippen LogP contribution in [0.1, 0.15) is 23.2 Å². The molecule has 25 heavy (non-hydrogen) atoms. The topological polar surface area (TPSA) is 113 Å². The highest BCUT2D eigenvalue weighted by Gasteiger charge is 2.39. The highest BCUT2D eigenvalue weighted by atomic mass is 16.5. The first kappa shape index (κ1) is 17.2. The Kier molecular flexibility index (Phi) is 4.89. The number of likely N-dealkylation sites (tertiary alicyclic amines) is 1. The van der Waals surface area contributed by atoms with Crippen molar-refractivity contribution in [1.29, 1.82) is 0 Å². The summed E-state index contributed by atoms with van der Waals surface area (Å²) in [4.78, 5) is 39.9. The zero-order valence-corrected chi connectivity index (χ0v) is 13.8. The van der Waals surface area contributed by atoms with E-state index in [0.29, 0.717) is 25.9 Å². The molecule has 0 spiro atoms. The molecule has 2 atom stereocenters. The SMILES string of the molecule is NC(=O)C1CN(C(=O)C2CCCN2C(=O)c2ccccc2O)CCO1. The number of amides is 3. The lowest BCUT2D eigenvalue weighted by atomic mass is 10.1. The van der Waals surface area contributed by atoms with Gasteiger partial charge in [-0.2, -0.15) is 0 Å². The Balaban J connectivity index is 1.75. The number of primary amides is 1. The molecule has 2 unspecified atom stereocenters. The molecule has 0 saturated carbocycles. The zero-order chi connectivity index (χ0) is 18.0. The molecule has 134 valence electrons. The van der Waals surface area contributed by atoms with Crippen molar-refractivity contribution in [2.75, 3.05) is 26.2 Å². The molecule has 3 rings (SSSR count). The number of para-hydroxylation sites is 1. The normalized spacial score (nSPS) is 23.5. The van der Waals surface area contributed by atoms with Crippen molar-refractivity contribution >= 4 is 17.7 Å². The minimum absolute atomic E-state index is 0.100. The van der Waals surface area contributed by atoms with Gasteiger partial charge in [-0.15, -0.1) is 0 Å². The van der Waals surface area contributed by atoms with Gasteiger partial charge in [-0.25, -0.2) is 0 Å². The molecule has 0 radical (unpaired) electrons. The Hall–Kier alpha value is -2.61. The highest BCUT2D eigenvalue weighted by Crippen LogP contribution is 2.26. The quantitative estimate of drug-likeness (QED) is 0.780. The van der Waals surface area contributed by atoms with E-state index in [-0.39, 0.29) is 36.3 Å². The van der Waals surface area contributed by atoms with Crippen molar-refractivity contribution in [2.45, 2.75) is 25.0 Å². The molecule has 0 aliphatic carbocycles. The molecule has 0 bridgehead atoms. The molecule has 8 nitrogen and oxygen atoms in total. The fourth-order valence-electron chi connectivity index (χ4n) is 3.31. The van der Waals surface area contributed by atoms with Crippen LogP contribution < -0.4 is 5.73 Å². The monoisotopic (exact) mass is 347 g/mol. The summed E-state index contributed by atoms with van der Waals surface area (Å²) in [5, 5.41) is 9.90. The smallest absolute Gasteiger partial charge is 0.258 e. The minimum Gasteiger partial charge on any atom is -0.507 e. The summed E-state index contributed by atoms with van der Waals surface area (Å²) in [6.45, 7) is 1.15. The van der Waals surface area contributed by atoms with Gasteiger partial charge in [-0.3, -0.25) is 14.4 Å². The maximum atomic E-state index is 12.9. The van der Waals surface area contributed by atoms with Crippen LogP contribution in [0.2, 0.25) is 0 Å². The van der Waals surface area contributed by atoms with Crippen molar-refractivity contribution in [3.8, 4) is 5.75 Å². The molecule has 3 amide bonds. The van der Waals surface area contributed by atoms with E-state index in [4.69, 9.17) is 10.5 Å². The van der Waals surface area contributed by atoms with Gasteiger partial charge >= 0.3 is 0 Å². The number of morpholine rings is 1. The van der Waals surface area contributed by atoms with Gasteiger partial charge < -0.3 is 25.4 Å². The number of hydrogen-bond donors (Lipinski definition) is 2. The number of ether oxygens (including phenoxy) is 1. The van der Waals surface area contributed by atoms with Gasteiger partial charge in [0, 0.05) is 13.1 Å². The largest absolute Gasteiger partial charge is 0.507 e. The number of phenols is 1. The molecule has 3 N–H and O–H groups in total. The van der Waals surface area contributed by atoms with Crippen LogP contribution in [0.3, 0.4) is 0 Å². The molecule has 0 aromatic heterocycles. The zero-order valence-electron chi connectivity index (χ0n) is 13.8. The standard InChI is InChI=1S/C17H21N3O5/c18-15(22)14-10-19(8-9-25-14)17(24)12-5-3-7-20(12)16(23)11-4-1-2-6-13(11)21/h1-2,4,6,12,14,21H,3,5,7-10H2,(H2,18,22). The van der Waals surface area contributed by atoms with E-state index >= 15 is 0 Å². The van der Waals surface area contributed by atoms with E-state index in [1.165, 1.54) is 21.9 Å². The lowest BCUT2D eigenvalue weighted by molar-refractivity contribution is -0.148. The lowest BCUT2D eigenvalue weighted by Crippen LogP contribution is -2.55. The number of benzene rings is 1. The molecular weight excluding hydrogens is 326 g/mol. The van der Waals surface area contributed by atoms with Crippen LogP contribution >= 0.6 is 0 Å². The first-order chi connectivity index (χ1) is 12.0. The second-order valence-corrected chi connectivity index (χ2v) is 6.22. The Morgan fingerprint density at radius 2 is 1.96 bits per heavy atom. The molecule has 2 heterocycles. The molecule has 2 fully saturated rings. The fraction of sp³-hybridized carbons (Fsp3) is 0.471. The average Bonchev–Trinajstić information content (AvgIpc) is 3.10. The van der Waals surface area contributed by atoms with Crippen LogP contribution in [0.25, 0.3) is 0 Å². The molecule has 2 saturated heterocycles. The Bertz CT molecular complexity index is 693. The number of phenolic OH excluding ortho intramolecular Hbond substituents is 1. The first-order valence-corrected chi connectivity index (χ1v) is 8.27. The maximum Gasteiger partial charge on any atom is 0.258 e. The van der Waals surface area contributed by atoms with Gasteiger partial charge in [-0.05, 0) is 25.0 Å². The molecular formula is C17H21N3O5. The number of carbonyl (C=O) groups excluding carboxylic acids is 3. The summed E-state index contributed by atoms with van der Waals surface area (Å²) in [6, 6.07) is 5.68. The third-order valence-corrected chi connectivity index (χ3v) is 4.63. The van der Waals surface area contributed by atoms with E-state index in [0.717, 1.165) is 0 Å². The van der Waals surface area contributed by atoms with E-state index in [9.17, 15) is 19.5 Å². The van der Waals surface area contributed by atoms with Gasteiger partial charge in [-0.1, -0.05) is 12.1 Å². The van der Waals surface area contributed by atoms with Crippen molar-refractivity contribution in [3.05, 3.63) is 29.8 Å².